The highest BCUT2D eigenvalue weighted by molar-refractivity contribution is 7.10. The molecule has 3 nitrogen and oxygen atoms in total. The molecule has 2 aromatic rings. The number of nitrogens with zero attached hydrogens (tertiary/aromatic N) is 1. The predicted molar refractivity (Wildman–Crippen MR) is 82.0 cm³/mol. The molecule has 0 saturated heterocycles. The molecule has 1 aromatic carbocycles. The summed E-state index contributed by atoms with van der Waals surface area (Å²) in [5.74, 6) is 1.29. The van der Waals surface area contributed by atoms with E-state index in [1.165, 1.54) is 35.5 Å². The summed E-state index contributed by atoms with van der Waals surface area (Å²) in [6, 6.07) is 8.11. The average molecular weight is 294 g/mol. The number of hydrogen-bond donors (Lipinski definition) is 2. The average Bonchev–Trinajstić information content (AvgIpc) is 3.15. The maximum absolute atomic E-state index is 6.03. The Bertz CT molecular complexity index is 592. The van der Waals surface area contributed by atoms with Gasteiger partial charge in [0.1, 0.15) is 10.8 Å². The maximum atomic E-state index is 6.03. The highest BCUT2D eigenvalue weighted by Gasteiger charge is 2.30. The fraction of sp³-hybridized carbons (Fsp3) is 0.357. The molecule has 0 radical (unpaired) electrons. The van der Waals surface area contributed by atoms with Gasteiger partial charge in [0.2, 0.25) is 0 Å². The van der Waals surface area contributed by atoms with Crippen molar-refractivity contribution in [3.8, 4) is 0 Å². The first kappa shape index (κ1) is 12.8. The molecule has 5 heteroatoms. The van der Waals surface area contributed by atoms with Gasteiger partial charge in [0.25, 0.3) is 0 Å². The Morgan fingerprint density at radius 3 is 2.95 bits per heavy atom. The molecule has 0 bridgehead atoms. The summed E-state index contributed by atoms with van der Waals surface area (Å²) in [7, 11) is 0. The van der Waals surface area contributed by atoms with Gasteiger partial charge in [0.15, 0.2) is 0 Å². The molecule has 1 aromatic heterocycles. The first-order chi connectivity index (χ1) is 9.15. The van der Waals surface area contributed by atoms with Crippen LogP contribution in [0.3, 0.4) is 0 Å². The molecule has 1 fully saturated rings. The van der Waals surface area contributed by atoms with E-state index in [1.54, 1.807) is 0 Å². The van der Waals surface area contributed by atoms with Crippen LogP contribution in [-0.4, -0.2) is 4.37 Å². The summed E-state index contributed by atoms with van der Waals surface area (Å²) >= 11 is 7.48. The Hall–Kier alpha value is -1.26. The molecule has 1 atom stereocenters. The molecule has 1 saturated carbocycles. The molecule has 1 heterocycles. The standard InChI is InChI=1S/C14H16ClN3S/c1-8(10-3-2-4-11(15)7-10)17-14-12(9-5-6-9)13(16)18-19-14/h2-4,7-9,17H,5-6H2,1H3,(H2,16,18). The second-order valence-electron chi connectivity index (χ2n) is 5.01. The largest absolute Gasteiger partial charge is 0.383 e. The number of benzene rings is 1. The minimum atomic E-state index is 0.191. The number of hydrogen-bond acceptors (Lipinski definition) is 4. The van der Waals surface area contributed by atoms with Gasteiger partial charge in [-0.15, -0.1) is 0 Å². The van der Waals surface area contributed by atoms with Crippen molar-refractivity contribution in [1.29, 1.82) is 0 Å². The number of nitrogen functional groups attached to an aromatic ring is 1. The number of aromatic nitrogens is 1. The summed E-state index contributed by atoms with van der Waals surface area (Å²) in [4.78, 5) is 0. The van der Waals surface area contributed by atoms with Crippen LogP contribution in [0, 0.1) is 0 Å². The lowest BCUT2D eigenvalue weighted by molar-refractivity contribution is 0.885. The number of halogens is 1. The van der Waals surface area contributed by atoms with Gasteiger partial charge >= 0.3 is 0 Å². The smallest absolute Gasteiger partial charge is 0.142 e. The normalized spacial score (nSPS) is 16.3. The predicted octanol–water partition coefficient (Wildman–Crippen LogP) is 4.43. The zero-order valence-corrected chi connectivity index (χ0v) is 12.3. The first-order valence-corrected chi connectivity index (χ1v) is 7.57. The SMILES string of the molecule is CC(Nc1snc(N)c1C1CC1)c1cccc(Cl)c1. The van der Waals surface area contributed by atoms with E-state index in [0.29, 0.717) is 11.7 Å². The maximum Gasteiger partial charge on any atom is 0.142 e. The van der Waals surface area contributed by atoms with Crippen LogP contribution in [0.5, 0.6) is 0 Å². The number of nitrogens with one attached hydrogen (secondary N) is 1. The van der Waals surface area contributed by atoms with Crippen LogP contribution in [-0.2, 0) is 0 Å². The highest BCUT2D eigenvalue weighted by atomic mass is 35.5. The van der Waals surface area contributed by atoms with Crippen molar-refractivity contribution in [2.75, 3.05) is 11.1 Å². The fourth-order valence-corrected chi connectivity index (χ4v) is 3.32. The topological polar surface area (TPSA) is 50.9 Å². The molecule has 0 amide bonds. The van der Waals surface area contributed by atoms with Crippen molar-refractivity contribution in [1.82, 2.24) is 4.37 Å². The van der Waals surface area contributed by atoms with Crippen LogP contribution in [0.1, 0.15) is 42.9 Å². The van der Waals surface area contributed by atoms with Gasteiger partial charge in [-0.1, -0.05) is 23.7 Å². The van der Waals surface area contributed by atoms with E-state index >= 15 is 0 Å². The minimum Gasteiger partial charge on any atom is -0.383 e. The lowest BCUT2D eigenvalue weighted by Gasteiger charge is -2.15. The summed E-state index contributed by atoms with van der Waals surface area (Å²) in [5, 5.41) is 5.38. The molecule has 0 aliphatic heterocycles. The van der Waals surface area contributed by atoms with E-state index in [4.69, 9.17) is 17.3 Å². The fourth-order valence-electron chi connectivity index (χ4n) is 2.24. The van der Waals surface area contributed by atoms with Crippen LogP contribution in [0.15, 0.2) is 24.3 Å². The Morgan fingerprint density at radius 1 is 1.47 bits per heavy atom. The van der Waals surface area contributed by atoms with Gasteiger partial charge in [-0.2, -0.15) is 4.37 Å². The number of rotatable bonds is 4. The summed E-state index contributed by atoms with van der Waals surface area (Å²) in [5.41, 5.74) is 8.33. The molecule has 3 N–H and O–H groups in total. The summed E-state index contributed by atoms with van der Waals surface area (Å²) < 4.78 is 4.27. The Morgan fingerprint density at radius 2 is 2.26 bits per heavy atom. The molecule has 3 rings (SSSR count). The zero-order valence-electron chi connectivity index (χ0n) is 10.7. The van der Waals surface area contributed by atoms with Crippen LogP contribution in [0.2, 0.25) is 5.02 Å². The van der Waals surface area contributed by atoms with Crippen molar-refractivity contribution in [2.45, 2.75) is 31.7 Å². The van der Waals surface area contributed by atoms with E-state index in [0.717, 1.165) is 10.0 Å². The third-order valence-corrected chi connectivity index (χ3v) is 4.48. The van der Waals surface area contributed by atoms with Crippen LogP contribution in [0.4, 0.5) is 10.8 Å². The summed E-state index contributed by atoms with van der Waals surface area (Å²) in [6.07, 6.45) is 2.45. The van der Waals surface area contributed by atoms with Gasteiger partial charge in [-0.05, 0) is 54.9 Å². The zero-order chi connectivity index (χ0) is 13.4. The molecule has 1 aliphatic rings. The second kappa shape index (κ2) is 5.02. The quantitative estimate of drug-likeness (QED) is 0.877. The van der Waals surface area contributed by atoms with Crippen molar-refractivity contribution in [2.24, 2.45) is 0 Å². The van der Waals surface area contributed by atoms with E-state index in [2.05, 4.69) is 22.7 Å². The molecular weight excluding hydrogens is 278 g/mol. The van der Waals surface area contributed by atoms with Crippen molar-refractivity contribution in [3.63, 3.8) is 0 Å². The first-order valence-electron chi connectivity index (χ1n) is 6.42. The lowest BCUT2D eigenvalue weighted by Crippen LogP contribution is -2.07. The van der Waals surface area contributed by atoms with Crippen molar-refractivity contribution >= 4 is 34.0 Å². The van der Waals surface area contributed by atoms with Gasteiger partial charge in [0, 0.05) is 16.6 Å². The minimum absolute atomic E-state index is 0.191. The molecule has 19 heavy (non-hydrogen) atoms. The van der Waals surface area contributed by atoms with Crippen molar-refractivity contribution < 1.29 is 0 Å². The molecule has 1 aliphatic carbocycles. The Labute approximate surface area is 122 Å². The third-order valence-electron chi connectivity index (χ3n) is 3.44. The lowest BCUT2D eigenvalue weighted by atomic mass is 10.1. The third kappa shape index (κ3) is 2.69. The van der Waals surface area contributed by atoms with E-state index in [1.807, 2.05) is 18.2 Å². The molecule has 1 unspecified atom stereocenters. The van der Waals surface area contributed by atoms with Gasteiger partial charge < -0.3 is 11.1 Å². The van der Waals surface area contributed by atoms with Gasteiger partial charge in [-0.25, -0.2) is 0 Å². The highest BCUT2D eigenvalue weighted by Crippen LogP contribution is 2.48. The van der Waals surface area contributed by atoms with E-state index in [-0.39, 0.29) is 6.04 Å². The number of nitrogens with two attached hydrogens (primary N) is 1. The van der Waals surface area contributed by atoms with Crippen LogP contribution >= 0.6 is 23.1 Å². The van der Waals surface area contributed by atoms with Crippen LogP contribution < -0.4 is 11.1 Å². The van der Waals surface area contributed by atoms with Crippen molar-refractivity contribution in [3.05, 3.63) is 40.4 Å². The Kier molecular flexibility index (Phi) is 3.37. The molecule has 0 spiro atoms. The van der Waals surface area contributed by atoms with Crippen LogP contribution in [0.25, 0.3) is 0 Å². The molecule has 100 valence electrons. The summed E-state index contributed by atoms with van der Waals surface area (Å²) in [6.45, 7) is 2.12. The second-order valence-corrected chi connectivity index (χ2v) is 6.22. The number of anilines is 2. The van der Waals surface area contributed by atoms with Gasteiger partial charge in [0.05, 0.1) is 0 Å². The van der Waals surface area contributed by atoms with E-state index in [9.17, 15) is 0 Å². The van der Waals surface area contributed by atoms with Gasteiger partial charge in [-0.3, -0.25) is 0 Å². The Balaban J connectivity index is 1.81. The molecular formula is C14H16ClN3S. The monoisotopic (exact) mass is 293 g/mol. The van der Waals surface area contributed by atoms with E-state index < -0.39 is 0 Å².